The molecule has 3 rings (SSSR count). The molecule has 0 atom stereocenters. The Kier molecular flexibility index (Phi) is 4.17. The van der Waals surface area contributed by atoms with E-state index in [4.69, 9.17) is 6.42 Å². The molecule has 0 unspecified atom stereocenters. The van der Waals surface area contributed by atoms with E-state index in [-0.39, 0.29) is 0 Å². The van der Waals surface area contributed by atoms with Gasteiger partial charge in [0.1, 0.15) is 0 Å². The Morgan fingerprint density at radius 1 is 0.609 bits per heavy atom. The Morgan fingerprint density at radius 2 is 0.957 bits per heavy atom. The number of terminal acetylenes is 1. The lowest BCUT2D eigenvalue weighted by Crippen LogP contribution is -2.09. The normalized spacial score (nSPS) is 10.1. The van der Waals surface area contributed by atoms with E-state index in [0.29, 0.717) is 0 Å². The predicted octanol–water partition coefficient (Wildman–Crippen LogP) is 5.75. The van der Waals surface area contributed by atoms with E-state index in [0.717, 1.165) is 22.6 Å². The Labute approximate surface area is 138 Å². The summed E-state index contributed by atoms with van der Waals surface area (Å²) in [7, 11) is 0. The molecule has 3 aromatic carbocycles. The van der Waals surface area contributed by atoms with Crippen molar-refractivity contribution in [2.24, 2.45) is 0 Å². The number of hydrogen-bond donors (Lipinski definition) is 0. The van der Waals surface area contributed by atoms with Gasteiger partial charge in [-0.25, -0.2) is 0 Å². The molecule has 0 radical (unpaired) electrons. The second kappa shape index (κ2) is 6.42. The van der Waals surface area contributed by atoms with Gasteiger partial charge >= 0.3 is 0 Å². The molecule has 0 aliphatic carbocycles. The van der Waals surface area contributed by atoms with E-state index < -0.39 is 0 Å². The first-order valence-electron chi connectivity index (χ1n) is 7.67. The summed E-state index contributed by atoms with van der Waals surface area (Å²) in [4.78, 5) is 2.24. The Hall–Kier alpha value is -2.98. The lowest BCUT2D eigenvalue weighted by atomic mass is 10.1. The Balaban J connectivity index is 2.10. The van der Waals surface area contributed by atoms with E-state index >= 15 is 0 Å². The molecule has 0 amide bonds. The van der Waals surface area contributed by atoms with Crippen LogP contribution >= 0.6 is 0 Å². The van der Waals surface area contributed by atoms with Crippen LogP contribution in [0.5, 0.6) is 0 Å². The highest BCUT2D eigenvalue weighted by atomic mass is 15.1. The quantitative estimate of drug-likeness (QED) is 0.556. The topological polar surface area (TPSA) is 3.24 Å². The van der Waals surface area contributed by atoms with Crippen molar-refractivity contribution in [3.05, 3.63) is 89.5 Å². The van der Waals surface area contributed by atoms with E-state index in [2.05, 4.69) is 85.3 Å². The van der Waals surface area contributed by atoms with Crippen LogP contribution in [0.1, 0.15) is 16.7 Å². The van der Waals surface area contributed by atoms with Crippen molar-refractivity contribution in [2.75, 3.05) is 4.90 Å². The Morgan fingerprint density at radius 3 is 1.30 bits per heavy atom. The van der Waals surface area contributed by atoms with Crippen molar-refractivity contribution >= 4 is 17.1 Å². The van der Waals surface area contributed by atoms with E-state index in [1.165, 1.54) is 11.1 Å². The van der Waals surface area contributed by atoms with Gasteiger partial charge in [-0.05, 0) is 62.4 Å². The molecule has 0 aliphatic heterocycles. The molecule has 112 valence electrons. The number of anilines is 3. The third-order valence-corrected chi connectivity index (χ3v) is 3.88. The van der Waals surface area contributed by atoms with Crippen molar-refractivity contribution in [3.8, 4) is 12.3 Å². The minimum Gasteiger partial charge on any atom is -0.311 e. The summed E-state index contributed by atoms with van der Waals surface area (Å²) >= 11 is 0. The van der Waals surface area contributed by atoms with Crippen LogP contribution < -0.4 is 4.90 Å². The molecule has 0 aromatic heterocycles. The third-order valence-electron chi connectivity index (χ3n) is 3.88. The molecule has 0 saturated carbocycles. The van der Waals surface area contributed by atoms with Crippen LogP contribution in [0, 0.1) is 26.2 Å². The van der Waals surface area contributed by atoms with Gasteiger partial charge in [-0.1, -0.05) is 41.3 Å². The van der Waals surface area contributed by atoms with Gasteiger partial charge < -0.3 is 4.90 Å². The summed E-state index contributed by atoms with van der Waals surface area (Å²) in [6.45, 7) is 4.20. The van der Waals surface area contributed by atoms with Crippen LogP contribution in [-0.2, 0) is 0 Å². The summed E-state index contributed by atoms with van der Waals surface area (Å²) in [6, 6.07) is 25.2. The standard InChI is InChI=1S/C22H19N/c1-4-19-9-15-22(16-10-19)23(20-11-5-17(2)6-12-20)21-13-7-18(3)8-14-21/h1,5-16H,2-3H3. The molecule has 1 heteroatoms. The summed E-state index contributed by atoms with van der Waals surface area (Å²) in [5, 5.41) is 0. The highest BCUT2D eigenvalue weighted by Gasteiger charge is 2.11. The highest BCUT2D eigenvalue weighted by Crippen LogP contribution is 2.34. The molecular formula is C22H19N. The minimum atomic E-state index is 0.890. The fourth-order valence-corrected chi connectivity index (χ4v) is 2.54. The first-order valence-corrected chi connectivity index (χ1v) is 7.67. The average Bonchev–Trinajstić information content (AvgIpc) is 2.59. The molecule has 0 saturated heterocycles. The first kappa shape index (κ1) is 14.9. The maximum atomic E-state index is 5.47. The molecule has 0 fully saturated rings. The van der Waals surface area contributed by atoms with Gasteiger partial charge in [0.2, 0.25) is 0 Å². The molecule has 3 aromatic rings. The van der Waals surface area contributed by atoms with Gasteiger partial charge in [-0.2, -0.15) is 0 Å². The Bertz CT molecular complexity index is 774. The van der Waals surface area contributed by atoms with Crippen LogP contribution in [0.15, 0.2) is 72.8 Å². The van der Waals surface area contributed by atoms with Crippen molar-refractivity contribution in [1.82, 2.24) is 0 Å². The number of benzene rings is 3. The molecule has 0 spiro atoms. The van der Waals surface area contributed by atoms with Gasteiger partial charge in [-0.15, -0.1) is 6.42 Å². The van der Waals surface area contributed by atoms with Gasteiger partial charge in [0.05, 0.1) is 0 Å². The average molecular weight is 297 g/mol. The lowest BCUT2D eigenvalue weighted by molar-refractivity contribution is 1.27. The monoisotopic (exact) mass is 297 g/mol. The van der Waals surface area contributed by atoms with Crippen LogP contribution in [0.3, 0.4) is 0 Å². The molecule has 0 bridgehead atoms. The van der Waals surface area contributed by atoms with Crippen LogP contribution in [-0.4, -0.2) is 0 Å². The zero-order valence-electron chi connectivity index (χ0n) is 13.5. The number of rotatable bonds is 3. The van der Waals surface area contributed by atoms with Crippen molar-refractivity contribution < 1.29 is 0 Å². The first-order chi connectivity index (χ1) is 11.2. The van der Waals surface area contributed by atoms with Crippen molar-refractivity contribution in [3.63, 3.8) is 0 Å². The molecule has 23 heavy (non-hydrogen) atoms. The van der Waals surface area contributed by atoms with Gasteiger partial charge in [-0.3, -0.25) is 0 Å². The highest BCUT2D eigenvalue weighted by molar-refractivity contribution is 5.76. The maximum Gasteiger partial charge on any atom is 0.0462 e. The lowest BCUT2D eigenvalue weighted by Gasteiger charge is -2.25. The van der Waals surface area contributed by atoms with E-state index in [1.807, 2.05) is 12.1 Å². The summed E-state index contributed by atoms with van der Waals surface area (Å²) in [6.07, 6.45) is 5.47. The molecule has 0 N–H and O–H groups in total. The summed E-state index contributed by atoms with van der Waals surface area (Å²) < 4.78 is 0. The largest absolute Gasteiger partial charge is 0.311 e. The van der Waals surface area contributed by atoms with Gasteiger partial charge in [0, 0.05) is 22.6 Å². The zero-order valence-corrected chi connectivity index (χ0v) is 13.5. The van der Waals surface area contributed by atoms with E-state index in [9.17, 15) is 0 Å². The number of aryl methyl sites for hydroxylation is 2. The fourth-order valence-electron chi connectivity index (χ4n) is 2.54. The summed E-state index contributed by atoms with van der Waals surface area (Å²) in [5.74, 6) is 2.67. The minimum absolute atomic E-state index is 0.890. The number of hydrogen-bond acceptors (Lipinski definition) is 1. The maximum absolute atomic E-state index is 5.47. The molecule has 0 heterocycles. The van der Waals surface area contributed by atoms with E-state index in [1.54, 1.807) is 0 Å². The molecular weight excluding hydrogens is 278 g/mol. The zero-order chi connectivity index (χ0) is 16.2. The second-order valence-corrected chi connectivity index (χ2v) is 5.70. The predicted molar refractivity (Wildman–Crippen MR) is 98.5 cm³/mol. The second-order valence-electron chi connectivity index (χ2n) is 5.70. The SMILES string of the molecule is C#Cc1ccc(N(c2ccc(C)cc2)c2ccc(C)cc2)cc1. The van der Waals surface area contributed by atoms with Gasteiger partial charge in [0.15, 0.2) is 0 Å². The van der Waals surface area contributed by atoms with Crippen LogP contribution in [0.2, 0.25) is 0 Å². The van der Waals surface area contributed by atoms with Crippen molar-refractivity contribution in [1.29, 1.82) is 0 Å². The van der Waals surface area contributed by atoms with Crippen LogP contribution in [0.4, 0.5) is 17.1 Å². The fraction of sp³-hybridized carbons (Fsp3) is 0.0909. The van der Waals surface area contributed by atoms with Crippen molar-refractivity contribution in [2.45, 2.75) is 13.8 Å². The number of nitrogens with zero attached hydrogens (tertiary/aromatic N) is 1. The van der Waals surface area contributed by atoms with Crippen LogP contribution in [0.25, 0.3) is 0 Å². The van der Waals surface area contributed by atoms with Gasteiger partial charge in [0.25, 0.3) is 0 Å². The summed E-state index contributed by atoms with van der Waals surface area (Å²) in [5.41, 5.74) is 6.75. The third kappa shape index (κ3) is 3.27. The molecule has 1 nitrogen and oxygen atoms in total. The molecule has 0 aliphatic rings. The smallest absolute Gasteiger partial charge is 0.0462 e.